The molecule has 4 rings (SSSR count). The lowest BCUT2D eigenvalue weighted by Crippen LogP contribution is -2.52. The molecule has 7 nitrogen and oxygen atoms in total. The van der Waals surface area contributed by atoms with Crippen LogP contribution in [-0.2, 0) is 22.7 Å². The minimum absolute atomic E-state index is 0.00438. The average molecular weight is 397 g/mol. The molecule has 2 aromatic carbocycles. The van der Waals surface area contributed by atoms with E-state index < -0.39 is 11.9 Å². The number of anilines is 1. The van der Waals surface area contributed by atoms with E-state index in [0.29, 0.717) is 34.5 Å². The van der Waals surface area contributed by atoms with Crippen LogP contribution in [0.5, 0.6) is 5.75 Å². The van der Waals surface area contributed by atoms with Crippen molar-refractivity contribution >= 4 is 23.4 Å². The van der Waals surface area contributed by atoms with Crippen molar-refractivity contribution in [1.29, 1.82) is 0 Å². The van der Waals surface area contributed by atoms with Gasteiger partial charge in [-0.25, -0.2) is 4.39 Å². The van der Waals surface area contributed by atoms with Crippen LogP contribution >= 0.6 is 0 Å². The Morgan fingerprint density at radius 3 is 2.76 bits per heavy atom. The Kier molecular flexibility index (Phi) is 4.92. The molecule has 2 aromatic rings. The number of amides is 3. The Morgan fingerprint density at radius 2 is 2.00 bits per heavy atom. The van der Waals surface area contributed by atoms with Crippen molar-refractivity contribution in [2.24, 2.45) is 0 Å². The van der Waals surface area contributed by atoms with E-state index in [4.69, 9.17) is 4.74 Å². The molecule has 1 unspecified atom stereocenters. The zero-order valence-electron chi connectivity index (χ0n) is 15.8. The van der Waals surface area contributed by atoms with Gasteiger partial charge in [-0.05, 0) is 24.6 Å². The third-order valence-corrected chi connectivity index (χ3v) is 5.27. The first-order valence-corrected chi connectivity index (χ1v) is 9.34. The van der Waals surface area contributed by atoms with Crippen LogP contribution in [0.4, 0.5) is 10.1 Å². The van der Waals surface area contributed by atoms with Gasteiger partial charge >= 0.3 is 0 Å². The summed E-state index contributed by atoms with van der Waals surface area (Å²) in [5.74, 6) is -0.979. The number of piperidine rings is 1. The van der Waals surface area contributed by atoms with E-state index in [1.165, 1.54) is 4.90 Å². The van der Waals surface area contributed by atoms with Crippen molar-refractivity contribution in [2.75, 3.05) is 12.4 Å². The average Bonchev–Trinajstić information content (AvgIpc) is 3.04. The first-order valence-electron chi connectivity index (χ1n) is 9.34. The molecule has 2 aliphatic heterocycles. The van der Waals surface area contributed by atoms with Crippen molar-refractivity contribution in [3.8, 4) is 5.75 Å². The highest BCUT2D eigenvalue weighted by Crippen LogP contribution is 2.34. The third kappa shape index (κ3) is 3.41. The number of hydrogen-bond acceptors (Lipinski definition) is 5. The lowest BCUT2D eigenvalue weighted by molar-refractivity contribution is -0.136. The summed E-state index contributed by atoms with van der Waals surface area (Å²) in [4.78, 5) is 37.9. The Labute approximate surface area is 166 Å². The number of nitrogens with zero attached hydrogens (tertiary/aromatic N) is 1. The highest BCUT2D eigenvalue weighted by atomic mass is 19.1. The zero-order valence-corrected chi connectivity index (χ0v) is 15.8. The van der Waals surface area contributed by atoms with Crippen molar-refractivity contribution < 1.29 is 23.5 Å². The van der Waals surface area contributed by atoms with Gasteiger partial charge in [0.1, 0.15) is 18.4 Å². The number of carbonyl (C=O) groups excluding carboxylic acids is 3. The molecule has 2 aliphatic rings. The minimum Gasteiger partial charge on any atom is -0.488 e. The molecule has 1 saturated heterocycles. The summed E-state index contributed by atoms with van der Waals surface area (Å²) >= 11 is 0. The van der Waals surface area contributed by atoms with Crippen LogP contribution < -0.4 is 15.4 Å². The summed E-state index contributed by atoms with van der Waals surface area (Å²) in [7, 11) is 1.64. The number of imide groups is 1. The molecule has 1 atom stereocenters. The standard InChI is InChI=1S/C21H20FN3O4/c1-23-15-6-2-4-12(19(15)22)11-29-17-7-3-5-13-14(17)10-25(21(13)28)16-8-9-18(26)24-20(16)27/h2-7,16,23H,8-11H2,1H3,(H,24,26,27). The van der Waals surface area contributed by atoms with Gasteiger partial charge in [-0.3, -0.25) is 19.7 Å². The number of hydrogen-bond donors (Lipinski definition) is 2. The summed E-state index contributed by atoms with van der Waals surface area (Å²) in [6.07, 6.45) is 0.490. The molecular weight excluding hydrogens is 377 g/mol. The highest BCUT2D eigenvalue weighted by Gasteiger charge is 2.40. The third-order valence-electron chi connectivity index (χ3n) is 5.27. The Bertz CT molecular complexity index is 1010. The van der Waals surface area contributed by atoms with E-state index in [2.05, 4.69) is 10.6 Å². The normalized spacial score (nSPS) is 18.5. The van der Waals surface area contributed by atoms with Crippen LogP contribution in [0.3, 0.4) is 0 Å². The fourth-order valence-corrected chi connectivity index (χ4v) is 3.73. The molecule has 0 aromatic heterocycles. The van der Waals surface area contributed by atoms with E-state index >= 15 is 0 Å². The van der Waals surface area contributed by atoms with E-state index in [0.717, 1.165) is 0 Å². The number of carbonyl (C=O) groups is 3. The van der Waals surface area contributed by atoms with Crippen molar-refractivity contribution in [3.63, 3.8) is 0 Å². The Hall–Kier alpha value is -3.42. The lowest BCUT2D eigenvalue weighted by Gasteiger charge is -2.29. The highest BCUT2D eigenvalue weighted by molar-refractivity contribution is 6.05. The van der Waals surface area contributed by atoms with Gasteiger partial charge in [0, 0.05) is 30.2 Å². The number of nitrogens with one attached hydrogen (secondary N) is 2. The SMILES string of the molecule is CNc1cccc(COc2cccc3c2CN(C2CCC(=O)NC2=O)C3=O)c1F. The van der Waals surface area contributed by atoms with Crippen LogP contribution in [0, 0.1) is 5.82 Å². The number of halogens is 1. The predicted molar refractivity (Wildman–Crippen MR) is 103 cm³/mol. The van der Waals surface area contributed by atoms with E-state index in [9.17, 15) is 18.8 Å². The van der Waals surface area contributed by atoms with Crippen molar-refractivity contribution in [1.82, 2.24) is 10.2 Å². The molecule has 8 heteroatoms. The van der Waals surface area contributed by atoms with Gasteiger partial charge in [-0.15, -0.1) is 0 Å². The van der Waals surface area contributed by atoms with Crippen molar-refractivity contribution in [3.05, 3.63) is 58.9 Å². The first kappa shape index (κ1) is 18.9. The molecule has 0 aliphatic carbocycles. The maximum Gasteiger partial charge on any atom is 0.255 e. The Balaban J connectivity index is 1.54. The lowest BCUT2D eigenvalue weighted by atomic mass is 10.0. The molecule has 1 fully saturated rings. The molecule has 2 heterocycles. The van der Waals surface area contributed by atoms with Gasteiger partial charge in [0.25, 0.3) is 5.91 Å². The van der Waals surface area contributed by atoms with Crippen LogP contribution in [0.15, 0.2) is 36.4 Å². The zero-order chi connectivity index (χ0) is 20.5. The van der Waals surface area contributed by atoms with E-state index in [1.807, 2.05) is 0 Å². The summed E-state index contributed by atoms with van der Waals surface area (Å²) in [5, 5.41) is 5.07. The molecule has 0 bridgehead atoms. The van der Waals surface area contributed by atoms with Crippen molar-refractivity contribution in [2.45, 2.75) is 32.0 Å². The Morgan fingerprint density at radius 1 is 1.21 bits per heavy atom. The predicted octanol–water partition coefficient (Wildman–Crippen LogP) is 2.21. The largest absolute Gasteiger partial charge is 0.488 e. The topological polar surface area (TPSA) is 87.7 Å². The van der Waals surface area contributed by atoms with Crippen LogP contribution in [0.2, 0.25) is 0 Å². The van der Waals surface area contributed by atoms with Crippen LogP contribution in [-0.4, -0.2) is 35.7 Å². The quantitative estimate of drug-likeness (QED) is 0.756. The molecule has 3 amide bonds. The van der Waals surface area contributed by atoms with Crippen LogP contribution in [0.25, 0.3) is 0 Å². The summed E-state index contributed by atoms with van der Waals surface area (Å²) in [6, 6.07) is 9.41. The molecule has 29 heavy (non-hydrogen) atoms. The molecular formula is C21H20FN3O4. The number of ether oxygens (including phenoxy) is 1. The van der Waals surface area contributed by atoms with E-state index in [-0.39, 0.29) is 37.2 Å². The smallest absolute Gasteiger partial charge is 0.255 e. The summed E-state index contributed by atoms with van der Waals surface area (Å²) in [6.45, 7) is 0.208. The maximum atomic E-state index is 14.4. The fourth-order valence-electron chi connectivity index (χ4n) is 3.73. The molecule has 0 spiro atoms. The van der Waals surface area contributed by atoms with Gasteiger partial charge in [0.2, 0.25) is 11.8 Å². The number of benzene rings is 2. The van der Waals surface area contributed by atoms with Gasteiger partial charge in [0.15, 0.2) is 5.82 Å². The first-order chi connectivity index (χ1) is 14.0. The molecule has 0 saturated carbocycles. The number of fused-ring (bicyclic) bond motifs is 1. The second kappa shape index (κ2) is 7.54. The summed E-state index contributed by atoms with van der Waals surface area (Å²) in [5.41, 5.74) is 1.88. The van der Waals surface area contributed by atoms with Gasteiger partial charge in [-0.2, -0.15) is 0 Å². The minimum atomic E-state index is -0.690. The fraction of sp³-hybridized carbons (Fsp3) is 0.286. The van der Waals surface area contributed by atoms with Gasteiger partial charge in [0.05, 0.1) is 12.2 Å². The van der Waals surface area contributed by atoms with Gasteiger partial charge in [-0.1, -0.05) is 18.2 Å². The second-order valence-electron chi connectivity index (χ2n) is 7.00. The van der Waals surface area contributed by atoms with Crippen LogP contribution in [0.1, 0.15) is 34.3 Å². The maximum absolute atomic E-state index is 14.4. The van der Waals surface area contributed by atoms with E-state index in [1.54, 1.807) is 43.4 Å². The molecule has 0 radical (unpaired) electrons. The second-order valence-corrected chi connectivity index (χ2v) is 7.00. The van der Waals surface area contributed by atoms with Gasteiger partial charge < -0.3 is 15.0 Å². The summed E-state index contributed by atoms with van der Waals surface area (Å²) < 4.78 is 20.3. The monoisotopic (exact) mass is 397 g/mol. The molecule has 150 valence electrons. The number of rotatable bonds is 5. The molecule has 2 N–H and O–H groups in total.